The number of aromatic nitrogens is 1. The fourth-order valence-electron chi connectivity index (χ4n) is 7.78. The summed E-state index contributed by atoms with van der Waals surface area (Å²) in [6.45, 7) is 7.98. The van der Waals surface area contributed by atoms with Crippen molar-refractivity contribution in [2.24, 2.45) is 17.8 Å². The van der Waals surface area contributed by atoms with E-state index in [1.807, 2.05) is 0 Å². The summed E-state index contributed by atoms with van der Waals surface area (Å²) in [5, 5.41) is 2.69. The third-order valence-electron chi connectivity index (χ3n) is 8.82. The molecule has 0 spiro atoms. The van der Waals surface area contributed by atoms with Gasteiger partial charge in [0.1, 0.15) is 5.70 Å². The summed E-state index contributed by atoms with van der Waals surface area (Å²) < 4.78 is 2.23. The molecule has 5 aliphatic rings. The van der Waals surface area contributed by atoms with Crippen LogP contribution in [0.1, 0.15) is 61.0 Å². The standard InChI is InChI=1S/C29H33N3O2/c1-4-9-31-27(33)26(30-28(31)34)14-23-10-18(2)32(19(23)3)25-7-5-24(6-8-25)29-15-20-11-21(16-29)13-22(12-20)17-29/h4-8,10,14,20-22H,1,9,11-13,15-17H2,2-3H3,(H,30,34)/b26-14+. The normalized spacial score (nSPS) is 30.9. The van der Waals surface area contributed by atoms with Crippen molar-refractivity contribution in [1.82, 2.24) is 14.8 Å². The summed E-state index contributed by atoms with van der Waals surface area (Å²) in [6.07, 6.45) is 11.9. The van der Waals surface area contributed by atoms with Gasteiger partial charge in [0.25, 0.3) is 5.91 Å². The van der Waals surface area contributed by atoms with E-state index < -0.39 is 6.03 Å². The van der Waals surface area contributed by atoms with Crippen LogP contribution in [0.15, 0.2) is 48.7 Å². The van der Waals surface area contributed by atoms with Crippen molar-refractivity contribution in [3.63, 3.8) is 0 Å². The zero-order valence-corrected chi connectivity index (χ0v) is 20.1. The molecule has 5 heteroatoms. The van der Waals surface area contributed by atoms with E-state index in [1.165, 1.54) is 49.0 Å². The number of nitrogens with zero attached hydrogens (tertiary/aromatic N) is 2. The van der Waals surface area contributed by atoms with E-state index >= 15 is 0 Å². The minimum absolute atomic E-state index is 0.205. The fraction of sp³-hybridized carbons (Fsp3) is 0.448. The second kappa shape index (κ2) is 7.72. The molecule has 4 bridgehead atoms. The van der Waals surface area contributed by atoms with E-state index in [2.05, 4.69) is 60.6 Å². The van der Waals surface area contributed by atoms with Gasteiger partial charge in [-0.15, -0.1) is 6.58 Å². The van der Waals surface area contributed by atoms with Gasteiger partial charge < -0.3 is 9.88 Å². The highest BCUT2D eigenvalue weighted by molar-refractivity contribution is 6.14. The van der Waals surface area contributed by atoms with Gasteiger partial charge in [-0.05, 0) is 111 Å². The summed E-state index contributed by atoms with van der Waals surface area (Å²) in [7, 11) is 0. The number of carbonyl (C=O) groups excluding carboxylic acids is 2. The zero-order valence-electron chi connectivity index (χ0n) is 20.1. The second-order valence-corrected chi connectivity index (χ2v) is 11.1. The first-order chi connectivity index (χ1) is 16.4. The molecule has 5 nitrogen and oxygen atoms in total. The average Bonchev–Trinajstić information content (AvgIpc) is 3.22. The molecule has 7 rings (SSSR count). The number of rotatable bonds is 5. The van der Waals surface area contributed by atoms with E-state index in [0.717, 1.165) is 40.4 Å². The number of urea groups is 1. The summed E-state index contributed by atoms with van der Waals surface area (Å²) in [5.41, 5.74) is 6.48. The number of carbonyl (C=O) groups is 2. The van der Waals surface area contributed by atoms with Crippen molar-refractivity contribution in [3.05, 3.63) is 71.2 Å². The van der Waals surface area contributed by atoms with Crippen LogP contribution in [0.25, 0.3) is 11.8 Å². The van der Waals surface area contributed by atoms with Crippen LogP contribution in [0.5, 0.6) is 0 Å². The van der Waals surface area contributed by atoms with Crippen molar-refractivity contribution >= 4 is 18.0 Å². The highest BCUT2D eigenvalue weighted by atomic mass is 16.2. The molecule has 3 amide bonds. The maximum Gasteiger partial charge on any atom is 0.329 e. The second-order valence-electron chi connectivity index (χ2n) is 11.1. The van der Waals surface area contributed by atoms with Gasteiger partial charge in [0, 0.05) is 23.6 Å². The van der Waals surface area contributed by atoms with Crippen LogP contribution in [0, 0.1) is 31.6 Å². The van der Waals surface area contributed by atoms with Gasteiger partial charge in [-0.3, -0.25) is 9.69 Å². The quantitative estimate of drug-likeness (QED) is 0.360. The molecule has 1 N–H and O–H groups in total. The highest BCUT2D eigenvalue weighted by Crippen LogP contribution is 2.60. The van der Waals surface area contributed by atoms with Crippen LogP contribution in [0.3, 0.4) is 0 Å². The minimum atomic E-state index is -0.398. The molecule has 2 aromatic rings. The lowest BCUT2D eigenvalue weighted by atomic mass is 9.48. The fourth-order valence-corrected chi connectivity index (χ4v) is 7.78. The van der Waals surface area contributed by atoms with Crippen LogP contribution in [-0.4, -0.2) is 28.0 Å². The smallest absolute Gasteiger partial charge is 0.318 e. The summed E-state index contributed by atoms with van der Waals surface area (Å²) >= 11 is 0. The van der Waals surface area contributed by atoms with E-state index in [0.29, 0.717) is 11.1 Å². The first-order valence-electron chi connectivity index (χ1n) is 12.6. The Balaban J connectivity index is 1.29. The van der Waals surface area contributed by atoms with E-state index in [9.17, 15) is 9.59 Å². The lowest BCUT2D eigenvalue weighted by molar-refractivity contribution is -0.122. The van der Waals surface area contributed by atoms with Crippen LogP contribution in [-0.2, 0) is 10.2 Å². The van der Waals surface area contributed by atoms with Gasteiger partial charge in [0.05, 0.1) is 0 Å². The Morgan fingerprint density at radius 1 is 1.03 bits per heavy atom. The van der Waals surface area contributed by atoms with Gasteiger partial charge >= 0.3 is 6.03 Å². The molecule has 4 aliphatic carbocycles. The molecular weight excluding hydrogens is 422 g/mol. The third-order valence-corrected chi connectivity index (χ3v) is 8.82. The Kier molecular flexibility index (Phi) is 4.87. The first kappa shape index (κ1) is 21.5. The van der Waals surface area contributed by atoms with Crippen LogP contribution < -0.4 is 5.32 Å². The molecule has 34 heavy (non-hydrogen) atoms. The Bertz CT molecular complexity index is 1180. The molecule has 1 aromatic heterocycles. The van der Waals surface area contributed by atoms with Crippen molar-refractivity contribution in [2.75, 3.05) is 6.54 Å². The molecule has 1 saturated heterocycles. The van der Waals surface area contributed by atoms with Gasteiger partial charge in [-0.2, -0.15) is 0 Å². The van der Waals surface area contributed by atoms with E-state index in [-0.39, 0.29) is 12.5 Å². The zero-order chi connectivity index (χ0) is 23.6. The summed E-state index contributed by atoms with van der Waals surface area (Å²) in [6, 6.07) is 10.9. The lowest BCUT2D eigenvalue weighted by Gasteiger charge is -2.57. The lowest BCUT2D eigenvalue weighted by Crippen LogP contribution is -2.48. The Morgan fingerprint density at radius 3 is 2.24 bits per heavy atom. The molecule has 0 atom stereocenters. The topological polar surface area (TPSA) is 54.3 Å². The molecule has 4 saturated carbocycles. The molecule has 0 unspecified atom stereocenters. The monoisotopic (exact) mass is 455 g/mol. The number of hydrogen-bond acceptors (Lipinski definition) is 2. The maximum absolute atomic E-state index is 12.6. The van der Waals surface area contributed by atoms with Crippen molar-refractivity contribution in [1.29, 1.82) is 0 Å². The number of amides is 3. The minimum Gasteiger partial charge on any atom is -0.318 e. The Labute approximate surface area is 201 Å². The molecule has 5 fully saturated rings. The van der Waals surface area contributed by atoms with Crippen molar-refractivity contribution in [2.45, 2.75) is 57.8 Å². The molecule has 2 heterocycles. The number of aryl methyl sites for hydroxylation is 1. The molecule has 1 aromatic carbocycles. The van der Waals surface area contributed by atoms with E-state index in [4.69, 9.17) is 0 Å². The largest absolute Gasteiger partial charge is 0.329 e. The average molecular weight is 456 g/mol. The summed E-state index contributed by atoms with van der Waals surface area (Å²) in [5.74, 6) is 2.51. The molecular formula is C29H33N3O2. The van der Waals surface area contributed by atoms with Crippen molar-refractivity contribution < 1.29 is 9.59 Å². The third kappa shape index (κ3) is 3.28. The van der Waals surface area contributed by atoms with Gasteiger partial charge in [0.15, 0.2) is 0 Å². The first-order valence-corrected chi connectivity index (χ1v) is 12.6. The predicted octanol–water partition coefficient (Wildman–Crippen LogP) is 5.64. The highest BCUT2D eigenvalue weighted by Gasteiger charge is 2.51. The molecule has 0 radical (unpaired) electrons. The predicted molar refractivity (Wildman–Crippen MR) is 134 cm³/mol. The van der Waals surface area contributed by atoms with Crippen LogP contribution in [0.4, 0.5) is 4.79 Å². The Hall–Kier alpha value is -3.08. The van der Waals surface area contributed by atoms with E-state index in [1.54, 1.807) is 12.2 Å². The van der Waals surface area contributed by atoms with Crippen molar-refractivity contribution in [3.8, 4) is 5.69 Å². The Morgan fingerprint density at radius 2 is 1.65 bits per heavy atom. The molecule has 176 valence electrons. The van der Waals surface area contributed by atoms with Crippen LogP contribution >= 0.6 is 0 Å². The maximum atomic E-state index is 12.6. The summed E-state index contributed by atoms with van der Waals surface area (Å²) in [4.78, 5) is 25.9. The number of hydrogen-bond donors (Lipinski definition) is 1. The van der Waals surface area contributed by atoms with Gasteiger partial charge in [0.2, 0.25) is 0 Å². The van der Waals surface area contributed by atoms with Crippen LogP contribution in [0.2, 0.25) is 0 Å². The molecule has 1 aliphatic heterocycles. The number of benzene rings is 1. The van der Waals surface area contributed by atoms with Gasteiger partial charge in [-0.25, -0.2) is 4.79 Å². The number of imide groups is 1. The van der Waals surface area contributed by atoms with Gasteiger partial charge in [-0.1, -0.05) is 18.2 Å². The number of nitrogens with one attached hydrogen (secondary N) is 1. The SMILES string of the molecule is C=CCN1C(=O)N/C(=C/c2cc(C)n(-c3ccc(C45CC6CC(CC(C6)C4)C5)cc3)c2C)C1=O.